The molecule has 0 spiro atoms. The van der Waals surface area contributed by atoms with Crippen LogP contribution in [0.2, 0.25) is 0 Å². The summed E-state index contributed by atoms with van der Waals surface area (Å²) in [4.78, 5) is 15.2. The third kappa shape index (κ3) is 6.04. The van der Waals surface area contributed by atoms with Crippen LogP contribution in [0.25, 0.3) is 0 Å². The normalized spacial score (nSPS) is 18.1. The number of unbranched alkanes of at least 4 members (excludes halogenated alkanes) is 1. The molecule has 1 aliphatic heterocycles. The summed E-state index contributed by atoms with van der Waals surface area (Å²) in [6.45, 7) is 3.07. The van der Waals surface area contributed by atoms with E-state index in [0.717, 1.165) is 42.1 Å². The van der Waals surface area contributed by atoms with Crippen molar-refractivity contribution in [3.8, 4) is 5.75 Å². The summed E-state index contributed by atoms with van der Waals surface area (Å²) in [5.41, 5.74) is 1.73. The first-order valence-corrected chi connectivity index (χ1v) is 13.3. The van der Waals surface area contributed by atoms with Gasteiger partial charge in [-0.25, -0.2) is 4.39 Å². The fourth-order valence-electron chi connectivity index (χ4n) is 3.79. The Balaban J connectivity index is 2.00. The van der Waals surface area contributed by atoms with Gasteiger partial charge in [0.15, 0.2) is 0 Å². The summed E-state index contributed by atoms with van der Waals surface area (Å²) >= 11 is 1.53. The van der Waals surface area contributed by atoms with E-state index < -0.39 is 10.8 Å². The first-order valence-electron chi connectivity index (χ1n) is 10.8. The van der Waals surface area contributed by atoms with Gasteiger partial charge < -0.3 is 14.4 Å². The van der Waals surface area contributed by atoms with Crippen LogP contribution in [0, 0.1) is 11.7 Å². The molecule has 0 radical (unpaired) electrons. The van der Waals surface area contributed by atoms with Crippen LogP contribution in [-0.2, 0) is 20.3 Å². The molecule has 3 rings (SSSR count). The molecule has 2 aromatic rings. The van der Waals surface area contributed by atoms with E-state index in [0.29, 0.717) is 16.4 Å². The zero-order chi connectivity index (χ0) is 23.1. The van der Waals surface area contributed by atoms with Crippen molar-refractivity contribution in [2.75, 3.05) is 37.2 Å². The Morgan fingerprint density at radius 1 is 1.28 bits per heavy atom. The quantitative estimate of drug-likeness (QED) is 0.347. The SMILES string of the molecule is CCCCC1CN(c2ccc(F)cc2)c2cc(SC)c(OCCC(=O)OC)cc2S(=O)C1. The van der Waals surface area contributed by atoms with Crippen molar-refractivity contribution in [3.05, 3.63) is 42.2 Å². The fraction of sp³-hybridized carbons (Fsp3) is 0.458. The van der Waals surface area contributed by atoms with E-state index in [1.807, 2.05) is 18.4 Å². The number of fused-ring (bicyclic) bond motifs is 1. The smallest absolute Gasteiger partial charge is 0.308 e. The first kappa shape index (κ1) is 24.6. The molecule has 0 N–H and O–H groups in total. The first-order chi connectivity index (χ1) is 15.5. The highest BCUT2D eigenvalue weighted by Gasteiger charge is 2.29. The minimum absolute atomic E-state index is 0.144. The van der Waals surface area contributed by atoms with E-state index in [1.54, 1.807) is 12.1 Å². The zero-order valence-corrected chi connectivity index (χ0v) is 20.4. The van der Waals surface area contributed by atoms with Crippen LogP contribution in [0.1, 0.15) is 32.6 Å². The number of carbonyl (C=O) groups excluding carboxylic acids is 1. The molecule has 0 saturated heterocycles. The molecule has 2 atom stereocenters. The van der Waals surface area contributed by atoms with Crippen molar-refractivity contribution in [3.63, 3.8) is 0 Å². The zero-order valence-electron chi connectivity index (χ0n) is 18.8. The predicted octanol–water partition coefficient (Wildman–Crippen LogP) is 5.56. The lowest BCUT2D eigenvalue weighted by Gasteiger charge is -2.28. The van der Waals surface area contributed by atoms with Gasteiger partial charge in [-0.05, 0) is 55.0 Å². The minimum atomic E-state index is -1.20. The van der Waals surface area contributed by atoms with Crippen molar-refractivity contribution in [2.45, 2.75) is 42.4 Å². The molecule has 0 saturated carbocycles. The Morgan fingerprint density at radius 3 is 2.69 bits per heavy atom. The Hall–Kier alpha value is -2.06. The van der Waals surface area contributed by atoms with Gasteiger partial charge in [-0.3, -0.25) is 9.00 Å². The lowest BCUT2D eigenvalue weighted by molar-refractivity contribution is -0.141. The number of rotatable bonds is 9. The molecule has 2 unspecified atom stereocenters. The molecule has 1 heterocycles. The van der Waals surface area contributed by atoms with E-state index in [9.17, 15) is 13.4 Å². The number of halogens is 1. The van der Waals surface area contributed by atoms with Gasteiger partial charge in [0.05, 0.1) is 46.4 Å². The highest BCUT2D eigenvalue weighted by atomic mass is 32.2. The highest BCUT2D eigenvalue weighted by Crippen LogP contribution is 2.42. The van der Waals surface area contributed by atoms with Gasteiger partial charge in [-0.15, -0.1) is 11.8 Å². The van der Waals surface area contributed by atoms with Crippen molar-refractivity contribution >= 4 is 39.9 Å². The topological polar surface area (TPSA) is 55.8 Å². The van der Waals surface area contributed by atoms with Crippen molar-refractivity contribution < 1.29 is 22.9 Å². The third-order valence-corrected chi connectivity index (χ3v) is 7.86. The Bertz CT molecular complexity index is 952. The molecule has 0 fully saturated rings. The molecule has 0 amide bonds. The maximum absolute atomic E-state index is 13.6. The van der Waals surface area contributed by atoms with Crippen LogP contribution >= 0.6 is 11.8 Å². The number of thioether (sulfide) groups is 1. The summed E-state index contributed by atoms with van der Waals surface area (Å²) in [7, 11) is 0.149. The van der Waals surface area contributed by atoms with Gasteiger partial charge in [-0.2, -0.15) is 0 Å². The van der Waals surface area contributed by atoms with Gasteiger partial charge in [0.1, 0.15) is 11.6 Å². The maximum Gasteiger partial charge on any atom is 0.308 e. The summed E-state index contributed by atoms with van der Waals surface area (Å²) in [6, 6.07) is 10.3. The average Bonchev–Trinajstić information content (AvgIpc) is 2.93. The molecule has 1 aliphatic rings. The number of methoxy groups -OCH3 is 1. The molecule has 0 bridgehead atoms. The number of ether oxygens (including phenoxy) is 2. The molecule has 174 valence electrons. The molecule has 5 nitrogen and oxygen atoms in total. The summed E-state index contributed by atoms with van der Waals surface area (Å²) in [5, 5.41) is 0. The van der Waals surface area contributed by atoms with Crippen LogP contribution in [-0.4, -0.2) is 42.4 Å². The van der Waals surface area contributed by atoms with E-state index in [2.05, 4.69) is 16.6 Å². The molecule has 32 heavy (non-hydrogen) atoms. The van der Waals surface area contributed by atoms with Crippen LogP contribution in [0.5, 0.6) is 5.75 Å². The maximum atomic E-state index is 13.6. The largest absolute Gasteiger partial charge is 0.492 e. The number of hydrogen-bond donors (Lipinski definition) is 0. The number of carbonyl (C=O) groups is 1. The molecule has 2 aromatic carbocycles. The Morgan fingerprint density at radius 2 is 2.03 bits per heavy atom. The molecule has 0 aromatic heterocycles. The number of benzene rings is 2. The van der Waals surface area contributed by atoms with E-state index in [1.165, 1.54) is 31.0 Å². The van der Waals surface area contributed by atoms with Gasteiger partial charge in [0.25, 0.3) is 0 Å². The molecular weight excluding hydrogens is 449 g/mol. The number of nitrogens with zero attached hydrogens (tertiary/aromatic N) is 1. The fourth-order valence-corrected chi connectivity index (χ4v) is 5.86. The van der Waals surface area contributed by atoms with Crippen molar-refractivity contribution in [1.82, 2.24) is 0 Å². The number of hydrogen-bond acceptors (Lipinski definition) is 6. The van der Waals surface area contributed by atoms with Gasteiger partial charge in [0, 0.05) is 18.0 Å². The van der Waals surface area contributed by atoms with Crippen LogP contribution < -0.4 is 9.64 Å². The van der Waals surface area contributed by atoms with Gasteiger partial charge in [0.2, 0.25) is 0 Å². The van der Waals surface area contributed by atoms with E-state index >= 15 is 0 Å². The van der Waals surface area contributed by atoms with Crippen molar-refractivity contribution in [1.29, 1.82) is 0 Å². The van der Waals surface area contributed by atoms with E-state index in [-0.39, 0.29) is 30.7 Å². The van der Waals surface area contributed by atoms with Gasteiger partial charge >= 0.3 is 5.97 Å². The third-order valence-electron chi connectivity index (χ3n) is 5.50. The predicted molar refractivity (Wildman–Crippen MR) is 128 cm³/mol. The van der Waals surface area contributed by atoms with Gasteiger partial charge in [-0.1, -0.05) is 19.8 Å². The second-order valence-corrected chi connectivity index (χ2v) is 10.1. The average molecular weight is 480 g/mol. The summed E-state index contributed by atoms with van der Waals surface area (Å²) in [5.74, 6) is 0.823. The Labute approximate surface area is 196 Å². The standard InChI is InChI=1S/C24H30FNO4S2/c1-4-5-6-17-15-26(19-9-7-18(25)8-10-19)20-13-22(31-3)21(14-23(20)32(28)16-17)30-12-11-24(27)29-2/h7-10,13-14,17H,4-6,11-12,15-16H2,1-3H3. The Kier molecular flexibility index (Phi) is 8.99. The van der Waals surface area contributed by atoms with E-state index in [4.69, 9.17) is 4.74 Å². The molecule has 0 aliphatic carbocycles. The lowest BCUT2D eigenvalue weighted by Crippen LogP contribution is -2.25. The lowest BCUT2D eigenvalue weighted by atomic mass is 10.0. The summed E-state index contributed by atoms with van der Waals surface area (Å²) < 4.78 is 37.5. The van der Waals surface area contributed by atoms with Crippen LogP contribution in [0.15, 0.2) is 46.2 Å². The minimum Gasteiger partial charge on any atom is -0.492 e. The monoisotopic (exact) mass is 479 g/mol. The molecular formula is C24H30FNO4S2. The van der Waals surface area contributed by atoms with Crippen molar-refractivity contribution in [2.24, 2.45) is 5.92 Å². The number of esters is 1. The highest BCUT2D eigenvalue weighted by molar-refractivity contribution is 7.98. The second-order valence-electron chi connectivity index (χ2n) is 7.75. The second kappa shape index (κ2) is 11.7. The van der Waals surface area contributed by atoms with Crippen LogP contribution in [0.4, 0.5) is 15.8 Å². The summed E-state index contributed by atoms with van der Waals surface area (Å²) in [6.07, 6.45) is 5.25. The number of anilines is 2. The van der Waals surface area contributed by atoms with Crippen LogP contribution in [0.3, 0.4) is 0 Å². The molecule has 8 heteroatoms.